The van der Waals surface area contributed by atoms with Crippen molar-refractivity contribution in [3.05, 3.63) is 47.0 Å². The van der Waals surface area contributed by atoms with Crippen molar-refractivity contribution in [1.29, 1.82) is 0 Å². The average Bonchev–Trinajstić information content (AvgIpc) is 2.73. The van der Waals surface area contributed by atoms with Crippen LogP contribution in [0.4, 0.5) is 0 Å². The maximum Gasteiger partial charge on any atom is 0.109 e. The second-order valence-corrected chi connectivity index (χ2v) is 5.14. The molecule has 0 atom stereocenters. The maximum absolute atomic E-state index is 6.24. The Hall–Kier alpha value is -1.06. The summed E-state index contributed by atoms with van der Waals surface area (Å²) in [4.78, 5) is 5.30. The van der Waals surface area contributed by atoms with E-state index >= 15 is 0 Å². The van der Waals surface area contributed by atoms with E-state index in [1.54, 1.807) is 6.20 Å². The summed E-state index contributed by atoms with van der Waals surface area (Å²) in [7, 11) is 0. The van der Waals surface area contributed by atoms with Crippen LogP contribution >= 0.6 is 23.0 Å². The molecule has 0 spiro atoms. The standard InChI is InChI=1S/C13H15ClN2S/c1-3-11-4-5-13(12(14)8-11)17-9-16-7-6-15-10(16)2/h4-9,17H,3H2,1-2H3. The van der Waals surface area contributed by atoms with E-state index < -0.39 is 0 Å². The Labute approximate surface area is 110 Å². The number of benzene rings is 1. The number of rotatable bonds is 3. The van der Waals surface area contributed by atoms with Gasteiger partial charge >= 0.3 is 0 Å². The van der Waals surface area contributed by atoms with Crippen LogP contribution in [0.3, 0.4) is 0 Å². The van der Waals surface area contributed by atoms with Gasteiger partial charge < -0.3 is 4.57 Å². The van der Waals surface area contributed by atoms with Gasteiger partial charge in [-0.2, -0.15) is 11.4 Å². The largest absolute Gasteiger partial charge is 0.306 e. The van der Waals surface area contributed by atoms with E-state index in [-0.39, 0.29) is 0 Å². The molecule has 0 aliphatic carbocycles. The quantitative estimate of drug-likeness (QED) is 0.665. The average molecular weight is 267 g/mol. The van der Waals surface area contributed by atoms with Gasteiger partial charge in [-0.05, 0) is 31.0 Å². The van der Waals surface area contributed by atoms with Crippen LogP contribution in [-0.4, -0.2) is 15.0 Å². The lowest BCUT2D eigenvalue weighted by Crippen LogP contribution is -1.94. The minimum Gasteiger partial charge on any atom is -0.306 e. The van der Waals surface area contributed by atoms with Gasteiger partial charge in [0.2, 0.25) is 0 Å². The molecule has 0 radical (unpaired) electrons. The summed E-state index contributed by atoms with van der Waals surface area (Å²) in [5.41, 5.74) is 3.34. The fourth-order valence-electron chi connectivity index (χ4n) is 1.51. The summed E-state index contributed by atoms with van der Waals surface area (Å²) < 4.78 is 2.01. The van der Waals surface area contributed by atoms with Gasteiger partial charge in [0, 0.05) is 22.8 Å². The summed E-state index contributed by atoms with van der Waals surface area (Å²) >= 11 is 7.32. The van der Waals surface area contributed by atoms with Crippen molar-refractivity contribution in [2.75, 3.05) is 0 Å². The van der Waals surface area contributed by atoms with E-state index in [0.29, 0.717) is 0 Å². The van der Waals surface area contributed by atoms with Crippen molar-refractivity contribution < 1.29 is 0 Å². The number of hydrogen-bond donors (Lipinski definition) is 1. The number of halogens is 1. The second-order valence-electron chi connectivity index (χ2n) is 3.77. The Kier molecular flexibility index (Phi) is 4.02. The molecule has 0 fully saturated rings. The van der Waals surface area contributed by atoms with Crippen molar-refractivity contribution in [2.24, 2.45) is 0 Å². The molecule has 1 heterocycles. The second kappa shape index (κ2) is 5.52. The smallest absolute Gasteiger partial charge is 0.109 e. The van der Waals surface area contributed by atoms with Gasteiger partial charge in [0.25, 0.3) is 0 Å². The molecular formula is C13H15ClN2S. The van der Waals surface area contributed by atoms with Crippen molar-refractivity contribution >= 4 is 28.4 Å². The van der Waals surface area contributed by atoms with Crippen LogP contribution in [0.1, 0.15) is 18.3 Å². The lowest BCUT2D eigenvalue weighted by Gasteiger charge is -2.02. The summed E-state index contributed by atoms with van der Waals surface area (Å²) in [6.45, 7) is 4.11. The highest BCUT2D eigenvalue weighted by atomic mass is 35.5. The van der Waals surface area contributed by atoms with E-state index in [4.69, 9.17) is 11.6 Å². The molecule has 2 nitrogen and oxygen atoms in total. The van der Waals surface area contributed by atoms with Gasteiger partial charge in [-0.15, -0.1) is 0 Å². The summed E-state index contributed by atoms with van der Waals surface area (Å²) in [6, 6.07) is 6.26. The molecule has 2 rings (SSSR count). The molecule has 0 aliphatic heterocycles. The monoisotopic (exact) mass is 266 g/mol. The minimum absolute atomic E-state index is 0.833. The molecule has 1 aromatic heterocycles. The van der Waals surface area contributed by atoms with Crippen LogP contribution < -0.4 is 0 Å². The van der Waals surface area contributed by atoms with Gasteiger partial charge in [0.05, 0.1) is 5.02 Å². The van der Waals surface area contributed by atoms with Crippen LogP contribution in [0.2, 0.25) is 5.02 Å². The first-order valence-electron chi connectivity index (χ1n) is 5.52. The summed E-state index contributed by atoms with van der Waals surface area (Å²) in [5.74, 6) is 0.985. The number of nitrogens with zero attached hydrogens (tertiary/aromatic N) is 2. The number of aryl methyl sites for hydroxylation is 2. The van der Waals surface area contributed by atoms with Crippen LogP contribution in [0, 0.1) is 6.92 Å². The predicted octanol–water partition coefficient (Wildman–Crippen LogP) is 3.54. The van der Waals surface area contributed by atoms with Crippen molar-refractivity contribution in [3.63, 3.8) is 0 Å². The molecule has 0 saturated heterocycles. The molecule has 2 aromatic rings. The maximum atomic E-state index is 6.24. The van der Waals surface area contributed by atoms with Gasteiger partial charge in [0.15, 0.2) is 0 Å². The zero-order valence-corrected chi connectivity index (χ0v) is 11.5. The first kappa shape index (κ1) is 12.4. The minimum atomic E-state index is 0.833. The molecule has 1 aromatic carbocycles. The summed E-state index contributed by atoms with van der Waals surface area (Å²) in [6.07, 6.45) is 4.75. The van der Waals surface area contributed by atoms with Gasteiger partial charge in [-0.25, -0.2) is 4.98 Å². The van der Waals surface area contributed by atoms with E-state index in [1.165, 1.54) is 5.56 Å². The fraction of sp³-hybridized carbons (Fsp3) is 0.231. The highest BCUT2D eigenvalue weighted by molar-refractivity contribution is 7.97. The topological polar surface area (TPSA) is 17.8 Å². The first-order chi connectivity index (χ1) is 8.20. The molecule has 0 bridgehead atoms. The molecule has 0 amide bonds. The molecule has 4 heteroatoms. The third-order valence-corrected chi connectivity index (χ3v) is 4.08. The van der Waals surface area contributed by atoms with Crippen LogP contribution in [0.5, 0.6) is 0 Å². The van der Waals surface area contributed by atoms with Crippen molar-refractivity contribution in [3.8, 4) is 0 Å². The van der Waals surface area contributed by atoms with E-state index in [9.17, 15) is 0 Å². The number of thiol groups is 1. The Morgan fingerprint density at radius 3 is 2.88 bits per heavy atom. The normalized spacial score (nSPS) is 11.7. The van der Waals surface area contributed by atoms with E-state index in [1.807, 2.05) is 23.8 Å². The fourth-order valence-corrected chi connectivity index (χ4v) is 2.70. The van der Waals surface area contributed by atoms with Gasteiger partial charge in [0.1, 0.15) is 5.82 Å². The molecule has 0 aliphatic rings. The molecule has 90 valence electrons. The molecule has 0 saturated carbocycles. The zero-order valence-electron chi connectivity index (χ0n) is 9.89. The predicted molar refractivity (Wildman–Crippen MR) is 76.5 cm³/mol. The molecule has 0 N–H and O–H groups in total. The van der Waals surface area contributed by atoms with E-state index in [2.05, 4.69) is 29.5 Å². The van der Waals surface area contributed by atoms with E-state index in [0.717, 1.165) is 33.5 Å². The van der Waals surface area contributed by atoms with Crippen LogP contribution in [0.25, 0.3) is 0 Å². The van der Waals surface area contributed by atoms with Gasteiger partial charge in [-0.3, -0.25) is 0 Å². The molecule has 17 heavy (non-hydrogen) atoms. The number of aromatic nitrogens is 2. The Morgan fingerprint density at radius 2 is 2.29 bits per heavy atom. The Balaban J connectivity index is 2.25. The Morgan fingerprint density at radius 1 is 1.47 bits per heavy atom. The lowest BCUT2D eigenvalue weighted by atomic mass is 10.2. The Bertz CT molecular complexity index is 546. The highest BCUT2D eigenvalue weighted by Gasteiger charge is 1.98. The molecular weight excluding hydrogens is 252 g/mol. The van der Waals surface area contributed by atoms with Crippen LogP contribution in [-0.2, 0) is 6.42 Å². The van der Waals surface area contributed by atoms with Crippen molar-refractivity contribution in [1.82, 2.24) is 9.55 Å². The first-order valence-corrected chi connectivity index (χ1v) is 6.87. The van der Waals surface area contributed by atoms with Crippen molar-refractivity contribution in [2.45, 2.75) is 25.2 Å². The number of imidazole rings is 1. The SMILES string of the molecule is CCc1ccc([SH]=Cn2ccnc2C)c(Cl)c1. The highest BCUT2D eigenvalue weighted by Crippen LogP contribution is 2.23. The number of hydrogen-bond acceptors (Lipinski definition) is 1. The third-order valence-electron chi connectivity index (χ3n) is 2.60. The lowest BCUT2D eigenvalue weighted by molar-refractivity contribution is 1.06. The molecule has 0 unspecified atom stereocenters. The van der Waals surface area contributed by atoms with Crippen LogP contribution in [0.15, 0.2) is 35.5 Å². The third kappa shape index (κ3) is 2.99. The zero-order chi connectivity index (χ0) is 12.3. The summed E-state index contributed by atoms with van der Waals surface area (Å²) in [5, 5.41) is 0.833. The van der Waals surface area contributed by atoms with Gasteiger partial charge in [-0.1, -0.05) is 24.6 Å².